The number of carbonyl (C=O) groups excluding carboxylic acids is 1. The number of fused-ring (bicyclic) bond motifs is 1. The first-order valence-corrected chi connectivity index (χ1v) is 14.1. The zero-order valence-corrected chi connectivity index (χ0v) is 24.3. The van der Waals surface area contributed by atoms with E-state index in [1.165, 1.54) is 17.8 Å². The largest absolute Gasteiger partial charge is 0.496 e. The standard InChI is InChI=1S/C29H39N3O5S/c1-19-18-38-25-23(19)24(33)32(29(5,6)26(34)37-28(2,3)4)27(35)31(25)17-21(30-15-11-8-12-16-30)20-13-9-10-14-22(20)36-7/h9-10,13-14,18,21H,8,11-12,15-17H2,1-7H3. The molecule has 1 atom stereocenters. The van der Waals surface area contributed by atoms with E-state index in [2.05, 4.69) is 4.90 Å². The highest BCUT2D eigenvalue weighted by Crippen LogP contribution is 2.34. The van der Waals surface area contributed by atoms with Gasteiger partial charge in [0.15, 0.2) is 0 Å². The van der Waals surface area contributed by atoms with E-state index < -0.39 is 28.4 Å². The fraction of sp³-hybridized carbons (Fsp3) is 0.552. The lowest BCUT2D eigenvalue weighted by Gasteiger charge is -2.36. The number of para-hydroxylation sites is 1. The molecular formula is C29H39N3O5S. The van der Waals surface area contributed by atoms with Crippen molar-refractivity contribution in [2.24, 2.45) is 0 Å². The highest BCUT2D eigenvalue weighted by Gasteiger charge is 2.39. The van der Waals surface area contributed by atoms with Gasteiger partial charge in [-0.15, -0.1) is 11.3 Å². The molecule has 2 aromatic heterocycles. The van der Waals surface area contributed by atoms with E-state index in [1.807, 2.05) is 36.6 Å². The molecule has 1 aliphatic rings. The molecule has 0 bridgehead atoms. The van der Waals surface area contributed by atoms with Crippen molar-refractivity contribution in [1.29, 1.82) is 0 Å². The van der Waals surface area contributed by atoms with Gasteiger partial charge in [0.2, 0.25) is 0 Å². The van der Waals surface area contributed by atoms with Crippen molar-refractivity contribution < 1.29 is 14.3 Å². The number of piperidine rings is 1. The Hall–Kier alpha value is -2.91. The zero-order chi connectivity index (χ0) is 27.8. The number of nitrogens with zero attached hydrogens (tertiary/aromatic N) is 3. The molecule has 1 aromatic carbocycles. The number of aryl methyl sites for hydroxylation is 1. The van der Waals surface area contributed by atoms with Crippen molar-refractivity contribution in [2.45, 2.75) is 84.5 Å². The average Bonchev–Trinajstić information content (AvgIpc) is 3.25. The highest BCUT2D eigenvalue weighted by atomic mass is 32.1. The Bertz CT molecular complexity index is 1440. The van der Waals surface area contributed by atoms with Crippen LogP contribution in [0.2, 0.25) is 0 Å². The van der Waals surface area contributed by atoms with Crippen LogP contribution >= 0.6 is 11.3 Å². The first kappa shape index (κ1) is 28.1. The number of esters is 1. The minimum atomic E-state index is -1.50. The number of benzene rings is 1. The molecule has 0 aliphatic carbocycles. The van der Waals surface area contributed by atoms with Crippen LogP contribution in [-0.2, 0) is 21.6 Å². The van der Waals surface area contributed by atoms with Gasteiger partial charge in [0.25, 0.3) is 5.56 Å². The molecule has 8 nitrogen and oxygen atoms in total. The van der Waals surface area contributed by atoms with E-state index >= 15 is 0 Å². The van der Waals surface area contributed by atoms with Crippen molar-refractivity contribution in [3.8, 4) is 5.75 Å². The van der Waals surface area contributed by atoms with Crippen LogP contribution in [-0.4, -0.2) is 45.8 Å². The van der Waals surface area contributed by atoms with Gasteiger partial charge >= 0.3 is 11.7 Å². The van der Waals surface area contributed by atoms with Crippen LogP contribution in [0.1, 0.15) is 71.0 Å². The molecule has 0 spiro atoms. The molecule has 1 fully saturated rings. The summed E-state index contributed by atoms with van der Waals surface area (Å²) in [5.74, 6) is 0.137. The summed E-state index contributed by atoms with van der Waals surface area (Å²) in [5.41, 5.74) is -1.47. The molecule has 9 heteroatoms. The smallest absolute Gasteiger partial charge is 0.333 e. The molecular weight excluding hydrogens is 502 g/mol. The summed E-state index contributed by atoms with van der Waals surface area (Å²) < 4.78 is 14.1. The Labute approximate surface area is 227 Å². The molecule has 4 rings (SSSR count). The fourth-order valence-corrected chi connectivity index (χ4v) is 6.25. The monoisotopic (exact) mass is 541 g/mol. The number of methoxy groups -OCH3 is 1. The van der Waals surface area contributed by atoms with E-state index in [9.17, 15) is 14.4 Å². The average molecular weight is 542 g/mol. The van der Waals surface area contributed by atoms with Crippen LogP contribution in [0, 0.1) is 6.92 Å². The maximum atomic E-state index is 14.2. The number of hydrogen-bond acceptors (Lipinski definition) is 7. The van der Waals surface area contributed by atoms with Crippen molar-refractivity contribution in [3.05, 3.63) is 61.6 Å². The van der Waals surface area contributed by atoms with Crippen LogP contribution in [0.4, 0.5) is 0 Å². The van der Waals surface area contributed by atoms with Crippen LogP contribution in [0.25, 0.3) is 10.2 Å². The first-order chi connectivity index (χ1) is 17.9. The van der Waals surface area contributed by atoms with E-state index in [0.29, 0.717) is 16.8 Å². The van der Waals surface area contributed by atoms with Crippen molar-refractivity contribution in [1.82, 2.24) is 14.0 Å². The van der Waals surface area contributed by atoms with Crippen LogP contribution in [0.15, 0.2) is 39.2 Å². The topological polar surface area (TPSA) is 82.8 Å². The molecule has 1 aliphatic heterocycles. The van der Waals surface area contributed by atoms with Crippen LogP contribution < -0.4 is 16.0 Å². The van der Waals surface area contributed by atoms with E-state index in [4.69, 9.17) is 9.47 Å². The molecule has 0 N–H and O–H groups in total. The molecule has 1 unspecified atom stereocenters. The minimum absolute atomic E-state index is 0.148. The summed E-state index contributed by atoms with van der Waals surface area (Å²) >= 11 is 1.38. The second-order valence-corrected chi connectivity index (χ2v) is 12.4. The quantitative estimate of drug-likeness (QED) is 0.398. The Morgan fingerprint density at radius 2 is 1.71 bits per heavy atom. The van der Waals surface area contributed by atoms with Crippen LogP contribution in [0.3, 0.4) is 0 Å². The normalized spacial score (nSPS) is 16.0. The second kappa shape index (κ2) is 10.7. The Balaban J connectivity index is 1.93. The SMILES string of the molecule is COc1ccccc1C(Cn1c(=O)n(C(C)(C)C(=O)OC(C)(C)C)c(=O)c2c(C)csc21)N1CCCCC1. The minimum Gasteiger partial charge on any atom is -0.496 e. The van der Waals surface area contributed by atoms with Gasteiger partial charge < -0.3 is 9.47 Å². The summed E-state index contributed by atoms with van der Waals surface area (Å²) in [6.45, 7) is 12.5. The molecule has 3 aromatic rings. The predicted molar refractivity (Wildman–Crippen MR) is 151 cm³/mol. The summed E-state index contributed by atoms with van der Waals surface area (Å²) in [6, 6.07) is 7.75. The molecule has 0 radical (unpaired) electrons. The summed E-state index contributed by atoms with van der Waals surface area (Å²) in [6.07, 6.45) is 3.34. The summed E-state index contributed by atoms with van der Waals surface area (Å²) in [5, 5.41) is 2.36. The van der Waals surface area contributed by atoms with Gasteiger partial charge in [-0.2, -0.15) is 0 Å². The number of rotatable bonds is 7. The third-order valence-corrected chi connectivity index (χ3v) is 8.30. The number of hydrogen-bond donors (Lipinski definition) is 0. The first-order valence-electron chi connectivity index (χ1n) is 13.2. The second-order valence-electron chi connectivity index (χ2n) is 11.5. The molecule has 3 heterocycles. The Kier molecular flexibility index (Phi) is 7.91. The zero-order valence-electron chi connectivity index (χ0n) is 23.5. The molecule has 0 saturated carbocycles. The van der Waals surface area contributed by atoms with Crippen molar-refractivity contribution in [2.75, 3.05) is 20.2 Å². The van der Waals surface area contributed by atoms with Gasteiger partial charge in [-0.25, -0.2) is 14.2 Å². The maximum absolute atomic E-state index is 14.2. The molecule has 0 amide bonds. The third kappa shape index (κ3) is 5.31. The van der Waals surface area contributed by atoms with Crippen LogP contribution in [0.5, 0.6) is 5.75 Å². The Morgan fingerprint density at radius 3 is 2.34 bits per heavy atom. The number of carbonyl (C=O) groups is 1. The predicted octanol–water partition coefficient (Wildman–Crippen LogP) is 4.85. The van der Waals surface area contributed by atoms with Crippen molar-refractivity contribution >= 4 is 27.5 Å². The van der Waals surface area contributed by atoms with E-state index in [0.717, 1.165) is 47.4 Å². The van der Waals surface area contributed by atoms with Gasteiger partial charge in [-0.3, -0.25) is 14.3 Å². The Morgan fingerprint density at radius 1 is 1.05 bits per heavy atom. The fourth-order valence-electron chi connectivity index (χ4n) is 5.20. The lowest BCUT2D eigenvalue weighted by atomic mass is 10.00. The molecule has 38 heavy (non-hydrogen) atoms. The van der Waals surface area contributed by atoms with Gasteiger partial charge in [0, 0.05) is 12.1 Å². The maximum Gasteiger partial charge on any atom is 0.333 e. The van der Waals surface area contributed by atoms with Gasteiger partial charge in [0.05, 0.1) is 18.5 Å². The van der Waals surface area contributed by atoms with Crippen molar-refractivity contribution in [3.63, 3.8) is 0 Å². The highest BCUT2D eigenvalue weighted by molar-refractivity contribution is 7.17. The summed E-state index contributed by atoms with van der Waals surface area (Å²) in [7, 11) is 1.66. The number of likely N-dealkylation sites (tertiary alicyclic amines) is 1. The molecule has 1 saturated heterocycles. The lowest BCUT2D eigenvalue weighted by Crippen LogP contribution is -2.54. The van der Waals surface area contributed by atoms with E-state index in [-0.39, 0.29) is 6.04 Å². The van der Waals surface area contributed by atoms with Gasteiger partial charge in [-0.05, 0) is 84.5 Å². The van der Waals surface area contributed by atoms with Gasteiger partial charge in [-0.1, -0.05) is 24.6 Å². The lowest BCUT2D eigenvalue weighted by molar-refractivity contribution is -0.164. The van der Waals surface area contributed by atoms with Gasteiger partial charge in [0.1, 0.15) is 21.7 Å². The number of aromatic nitrogens is 2. The number of thiophene rings is 1. The van der Waals surface area contributed by atoms with E-state index in [1.54, 1.807) is 46.3 Å². The summed E-state index contributed by atoms with van der Waals surface area (Å²) in [4.78, 5) is 44.3. The third-order valence-electron chi connectivity index (χ3n) is 7.18. The molecule has 206 valence electrons. The number of ether oxygens (including phenoxy) is 2.